The van der Waals surface area contributed by atoms with Crippen LogP contribution in [0.5, 0.6) is 0 Å². The summed E-state index contributed by atoms with van der Waals surface area (Å²) in [5.41, 5.74) is 1.69. The summed E-state index contributed by atoms with van der Waals surface area (Å²) in [4.78, 5) is 3.84. The van der Waals surface area contributed by atoms with Gasteiger partial charge in [0, 0.05) is 5.69 Å². The topological polar surface area (TPSA) is 24.9 Å². The summed E-state index contributed by atoms with van der Waals surface area (Å²) in [6.45, 7) is 0. The molecule has 3 heteroatoms. The fraction of sp³-hybridized carbons (Fsp3) is 0. The van der Waals surface area contributed by atoms with Gasteiger partial charge in [-0.2, -0.15) is 0 Å². The summed E-state index contributed by atoms with van der Waals surface area (Å²) in [5.74, 6) is -0.241. The molecule has 1 aromatic carbocycles. The molecular formula is C11H8FN2. The molecule has 0 fully saturated rings. The summed E-state index contributed by atoms with van der Waals surface area (Å²) in [6, 6.07) is 9.72. The van der Waals surface area contributed by atoms with Gasteiger partial charge in [-0.05, 0) is 36.4 Å². The van der Waals surface area contributed by atoms with E-state index >= 15 is 0 Å². The van der Waals surface area contributed by atoms with Gasteiger partial charge >= 0.3 is 0 Å². The molecule has 0 aliphatic rings. The lowest BCUT2D eigenvalue weighted by Crippen LogP contribution is -1.90. The third-order valence-electron chi connectivity index (χ3n) is 1.75. The van der Waals surface area contributed by atoms with Crippen molar-refractivity contribution >= 4 is 11.4 Å². The smallest absolute Gasteiger partial charge is 0.123 e. The molecule has 0 saturated heterocycles. The SMILES string of the molecule is Fc1ccc(Nc2cc[c]nc2)cc1. The van der Waals surface area contributed by atoms with Crippen LogP contribution in [0.4, 0.5) is 15.8 Å². The lowest BCUT2D eigenvalue weighted by atomic mass is 10.3. The Kier molecular flexibility index (Phi) is 2.40. The Balaban J connectivity index is 2.16. The maximum atomic E-state index is 12.6. The Morgan fingerprint density at radius 1 is 1.07 bits per heavy atom. The predicted octanol–water partition coefficient (Wildman–Crippen LogP) is 2.76. The molecule has 0 saturated carbocycles. The van der Waals surface area contributed by atoms with Crippen molar-refractivity contribution in [3.63, 3.8) is 0 Å². The molecule has 0 aliphatic carbocycles. The van der Waals surface area contributed by atoms with Crippen LogP contribution in [-0.4, -0.2) is 4.98 Å². The predicted molar refractivity (Wildman–Crippen MR) is 52.8 cm³/mol. The molecule has 0 unspecified atom stereocenters. The zero-order valence-electron chi connectivity index (χ0n) is 7.37. The van der Waals surface area contributed by atoms with Gasteiger partial charge in [0.1, 0.15) is 5.82 Å². The van der Waals surface area contributed by atoms with E-state index in [9.17, 15) is 4.39 Å². The highest BCUT2D eigenvalue weighted by Gasteiger charge is 1.94. The van der Waals surface area contributed by atoms with Crippen LogP contribution in [-0.2, 0) is 0 Å². The molecule has 0 spiro atoms. The van der Waals surface area contributed by atoms with E-state index in [-0.39, 0.29) is 5.82 Å². The Hall–Kier alpha value is -1.90. The highest BCUT2D eigenvalue weighted by molar-refractivity contribution is 5.57. The van der Waals surface area contributed by atoms with Gasteiger partial charge in [0.15, 0.2) is 0 Å². The lowest BCUT2D eigenvalue weighted by molar-refractivity contribution is 0.628. The van der Waals surface area contributed by atoms with Crippen LogP contribution in [0.2, 0.25) is 0 Å². The fourth-order valence-corrected chi connectivity index (χ4v) is 1.09. The number of nitrogens with one attached hydrogen (secondary N) is 1. The van der Waals surface area contributed by atoms with Crippen LogP contribution in [0.15, 0.2) is 42.6 Å². The van der Waals surface area contributed by atoms with E-state index < -0.39 is 0 Å². The number of hydrogen-bond acceptors (Lipinski definition) is 2. The zero-order valence-corrected chi connectivity index (χ0v) is 7.37. The fourth-order valence-electron chi connectivity index (χ4n) is 1.09. The molecule has 1 aromatic heterocycles. The first-order valence-corrected chi connectivity index (χ1v) is 4.19. The van der Waals surface area contributed by atoms with Gasteiger partial charge in [0.05, 0.1) is 18.1 Å². The second kappa shape index (κ2) is 3.87. The second-order valence-corrected chi connectivity index (χ2v) is 2.81. The maximum absolute atomic E-state index is 12.6. The van der Waals surface area contributed by atoms with Crippen LogP contribution in [0.3, 0.4) is 0 Å². The van der Waals surface area contributed by atoms with E-state index in [0.29, 0.717) is 0 Å². The highest BCUT2D eigenvalue weighted by Crippen LogP contribution is 2.14. The summed E-state index contributed by atoms with van der Waals surface area (Å²) >= 11 is 0. The van der Waals surface area contributed by atoms with Gasteiger partial charge in [-0.25, -0.2) is 4.39 Å². The van der Waals surface area contributed by atoms with Gasteiger partial charge < -0.3 is 5.32 Å². The minimum atomic E-state index is -0.241. The van der Waals surface area contributed by atoms with E-state index in [1.165, 1.54) is 12.1 Å². The number of pyridine rings is 1. The Bertz CT molecular complexity index is 397. The first kappa shape index (κ1) is 8.69. The standard InChI is InChI=1S/C11H8FN2/c12-9-3-5-10(6-4-9)14-11-2-1-7-13-8-11/h1-6,8,14H. The second-order valence-electron chi connectivity index (χ2n) is 2.81. The summed E-state index contributed by atoms with van der Waals surface area (Å²) in [6.07, 6.45) is 4.33. The monoisotopic (exact) mass is 187 g/mol. The minimum absolute atomic E-state index is 0.241. The van der Waals surface area contributed by atoms with E-state index in [1.807, 2.05) is 6.07 Å². The van der Waals surface area contributed by atoms with Crippen molar-refractivity contribution < 1.29 is 4.39 Å². The van der Waals surface area contributed by atoms with Gasteiger partial charge in [0.2, 0.25) is 0 Å². The third-order valence-corrected chi connectivity index (χ3v) is 1.75. The van der Waals surface area contributed by atoms with Crippen molar-refractivity contribution in [2.75, 3.05) is 5.32 Å². The molecular weight excluding hydrogens is 179 g/mol. The molecule has 1 radical (unpaired) electrons. The molecule has 1 N–H and O–H groups in total. The molecule has 0 aliphatic heterocycles. The van der Waals surface area contributed by atoms with Crippen LogP contribution in [0, 0.1) is 12.0 Å². The van der Waals surface area contributed by atoms with E-state index in [0.717, 1.165) is 11.4 Å². The van der Waals surface area contributed by atoms with Crippen molar-refractivity contribution in [2.45, 2.75) is 0 Å². The van der Waals surface area contributed by atoms with Crippen LogP contribution in [0.25, 0.3) is 0 Å². The minimum Gasteiger partial charge on any atom is -0.354 e. The van der Waals surface area contributed by atoms with Crippen molar-refractivity contribution in [1.82, 2.24) is 4.98 Å². The molecule has 69 valence electrons. The average Bonchev–Trinajstić information content (AvgIpc) is 2.23. The van der Waals surface area contributed by atoms with Gasteiger partial charge in [-0.3, -0.25) is 4.98 Å². The van der Waals surface area contributed by atoms with E-state index in [1.54, 1.807) is 24.4 Å². The van der Waals surface area contributed by atoms with Gasteiger partial charge in [0.25, 0.3) is 0 Å². The average molecular weight is 187 g/mol. The number of aromatic nitrogens is 1. The van der Waals surface area contributed by atoms with Crippen molar-refractivity contribution in [1.29, 1.82) is 0 Å². The molecule has 0 atom stereocenters. The van der Waals surface area contributed by atoms with Crippen molar-refractivity contribution in [3.8, 4) is 0 Å². The third kappa shape index (κ3) is 2.07. The van der Waals surface area contributed by atoms with Gasteiger partial charge in [-0.1, -0.05) is 0 Å². The molecule has 2 nitrogen and oxygen atoms in total. The van der Waals surface area contributed by atoms with E-state index in [4.69, 9.17) is 0 Å². The van der Waals surface area contributed by atoms with Crippen molar-refractivity contribution in [2.24, 2.45) is 0 Å². The summed E-state index contributed by atoms with van der Waals surface area (Å²) < 4.78 is 12.6. The first-order chi connectivity index (χ1) is 6.84. The summed E-state index contributed by atoms with van der Waals surface area (Å²) in [5, 5.41) is 3.08. The Labute approximate surface area is 81.4 Å². The maximum Gasteiger partial charge on any atom is 0.123 e. The Morgan fingerprint density at radius 3 is 2.50 bits per heavy atom. The molecule has 14 heavy (non-hydrogen) atoms. The van der Waals surface area contributed by atoms with Crippen LogP contribution >= 0.6 is 0 Å². The molecule has 0 amide bonds. The number of nitrogens with zero attached hydrogens (tertiary/aromatic N) is 1. The van der Waals surface area contributed by atoms with Crippen molar-refractivity contribution in [3.05, 3.63) is 54.6 Å². The number of rotatable bonds is 2. The van der Waals surface area contributed by atoms with Crippen LogP contribution in [0.1, 0.15) is 0 Å². The molecule has 0 bridgehead atoms. The molecule has 1 heterocycles. The quantitative estimate of drug-likeness (QED) is 0.781. The number of anilines is 2. The number of halogens is 1. The lowest BCUT2D eigenvalue weighted by Gasteiger charge is -2.04. The Morgan fingerprint density at radius 2 is 1.86 bits per heavy atom. The normalized spacial score (nSPS) is 9.79. The largest absolute Gasteiger partial charge is 0.354 e. The first-order valence-electron chi connectivity index (χ1n) is 4.19. The molecule has 2 aromatic rings. The zero-order chi connectivity index (χ0) is 9.80. The van der Waals surface area contributed by atoms with Gasteiger partial charge in [-0.15, -0.1) is 0 Å². The number of hydrogen-bond donors (Lipinski definition) is 1. The molecule has 2 rings (SSSR count). The van der Waals surface area contributed by atoms with E-state index in [2.05, 4.69) is 16.5 Å². The summed E-state index contributed by atoms with van der Waals surface area (Å²) in [7, 11) is 0. The number of benzene rings is 1. The van der Waals surface area contributed by atoms with Crippen LogP contribution < -0.4 is 5.32 Å². The highest BCUT2D eigenvalue weighted by atomic mass is 19.1.